The molecule has 1 amide bonds. The Labute approximate surface area is 162 Å². The second-order valence-corrected chi connectivity index (χ2v) is 6.59. The maximum atomic E-state index is 12.4. The van der Waals surface area contributed by atoms with Crippen LogP contribution in [0.25, 0.3) is 11.3 Å². The molecule has 0 saturated carbocycles. The normalized spacial score (nSPS) is 16.3. The van der Waals surface area contributed by atoms with Gasteiger partial charge in [0.05, 0.1) is 5.69 Å². The number of nitrogens with zero attached hydrogens (tertiary/aromatic N) is 4. The third-order valence-corrected chi connectivity index (χ3v) is 4.58. The van der Waals surface area contributed by atoms with Gasteiger partial charge in [-0.05, 0) is 36.8 Å². The van der Waals surface area contributed by atoms with Crippen LogP contribution < -0.4 is 10.2 Å². The monoisotopic (exact) mass is 379 g/mol. The molecule has 1 unspecified atom stereocenters. The Morgan fingerprint density at radius 1 is 1.32 bits per heavy atom. The predicted molar refractivity (Wildman–Crippen MR) is 103 cm³/mol. The van der Waals surface area contributed by atoms with E-state index in [2.05, 4.69) is 25.2 Å². The SMILES string of the molecule is COCc1ccc(C(=O)NC2CCN(c3nccc(-c4cccnc4)n3)C2)o1. The van der Waals surface area contributed by atoms with Gasteiger partial charge in [-0.15, -0.1) is 0 Å². The summed E-state index contributed by atoms with van der Waals surface area (Å²) in [6.07, 6.45) is 6.07. The first-order chi connectivity index (χ1) is 13.7. The number of anilines is 1. The van der Waals surface area contributed by atoms with Gasteiger partial charge >= 0.3 is 0 Å². The Kier molecular flexibility index (Phi) is 5.29. The first-order valence-corrected chi connectivity index (χ1v) is 9.10. The lowest BCUT2D eigenvalue weighted by Gasteiger charge is -2.17. The fourth-order valence-corrected chi connectivity index (χ4v) is 3.21. The first kappa shape index (κ1) is 18.1. The molecular weight excluding hydrogens is 358 g/mol. The quantitative estimate of drug-likeness (QED) is 0.702. The van der Waals surface area contributed by atoms with Crippen LogP contribution in [-0.2, 0) is 11.3 Å². The molecule has 4 heterocycles. The average molecular weight is 379 g/mol. The fraction of sp³-hybridized carbons (Fsp3) is 0.300. The van der Waals surface area contributed by atoms with Crippen molar-refractivity contribution in [2.75, 3.05) is 25.1 Å². The maximum absolute atomic E-state index is 12.4. The maximum Gasteiger partial charge on any atom is 0.287 e. The van der Waals surface area contributed by atoms with Crippen molar-refractivity contribution in [3.05, 3.63) is 60.4 Å². The van der Waals surface area contributed by atoms with Gasteiger partial charge < -0.3 is 19.4 Å². The lowest BCUT2D eigenvalue weighted by atomic mass is 10.2. The molecule has 28 heavy (non-hydrogen) atoms. The second-order valence-electron chi connectivity index (χ2n) is 6.59. The van der Waals surface area contributed by atoms with Crippen LogP contribution in [0.5, 0.6) is 0 Å². The van der Waals surface area contributed by atoms with Gasteiger partial charge in [0.15, 0.2) is 5.76 Å². The van der Waals surface area contributed by atoms with Gasteiger partial charge in [-0.3, -0.25) is 9.78 Å². The number of amides is 1. The third-order valence-electron chi connectivity index (χ3n) is 4.58. The zero-order chi connectivity index (χ0) is 19.3. The molecular formula is C20H21N5O3. The molecule has 144 valence electrons. The lowest BCUT2D eigenvalue weighted by molar-refractivity contribution is 0.0903. The number of carbonyl (C=O) groups excluding carboxylic acids is 1. The second kappa shape index (κ2) is 8.18. The van der Waals surface area contributed by atoms with Crippen LogP contribution in [0.4, 0.5) is 5.95 Å². The minimum Gasteiger partial charge on any atom is -0.453 e. The molecule has 1 saturated heterocycles. The summed E-state index contributed by atoms with van der Waals surface area (Å²) in [6, 6.07) is 9.13. The average Bonchev–Trinajstić information content (AvgIpc) is 3.39. The molecule has 1 aliphatic rings. The van der Waals surface area contributed by atoms with E-state index in [4.69, 9.17) is 9.15 Å². The van der Waals surface area contributed by atoms with Crippen molar-refractivity contribution in [2.24, 2.45) is 0 Å². The molecule has 3 aromatic heterocycles. The Hall–Kier alpha value is -3.26. The van der Waals surface area contributed by atoms with E-state index in [1.807, 2.05) is 18.2 Å². The van der Waals surface area contributed by atoms with E-state index < -0.39 is 0 Å². The van der Waals surface area contributed by atoms with Crippen molar-refractivity contribution in [1.29, 1.82) is 0 Å². The van der Waals surface area contributed by atoms with E-state index in [1.165, 1.54) is 0 Å². The van der Waals surface area contributed by atoms with Gasteiger partial charge in [0.25, 0.3) is 5.91 Å². The van der Waals surface area contributed by atoms with E-state index >= 15 is 0 Å². The summed E-state index contributed by atoms with van der Waals surface area (Å²) in [5, 5.41) is 3.02. The molecule has 1 N–H and O–H groups in total. The van der Waals surface area contributed by atoms with Gasteiger partial charge in [-0.25, -0.2) is 9.97 Å². The highest BCUT2D eigenvalue weighted by Gasteiger charge is 2.27. The summed E-state index contributed by atoms with van der Waals surface area (Å²) in [4.78, 5) is 27.6. The van der Waals surface area contributed by atoms with Gasteiger partial charge in [-0.1, -0.05) is 0 Å². The van der Waals surface area contributed by atoms with E-state index in [0.717, 1.165) is 24.2 Å². The predicted octanol–water partition coefficient (Wildman–Crippen LogP) is 2.29. The Balaban J connectivity index is 1.39. The lowest BCUT2D eigenvalue weighted by Crippen LogP contribution is -2.37. The molecule has 0 bridgehead atoms. The zero-order valence-corrected chi connectivity index (χ0v) is 15.5. The minimum absolute atomic E-state index is 0.00845. The van der Waals surface area contributed by atoms with Crippen molar-refractivity contribution in [3.8, 4) is 11.3 Å². The summed E-state index contributed by atoms with van der Waals surface area (Å²) < 4.78 is 10.5. The Morgan fingerprint density at radius 2 is 2.25 bits per heavy atom. The van der Waals surface area contributed by atoms with Crippen molar-refractivity contribution in [3.63, 3.8) is 0 Å². The van der Waals surface area contributed by atoms with Gasteiger partial charge in [0.1, 0.15) is 12.4 Å². The fourth-order valence-electron chi connectivity index (χ4n) is 3.21. The van der Waals surface area contributed by atoms with E-state index in [-0.39, 0.29) is 11.9 Å². The number of furan rings is 1. The molecule has 0 aliphatic carbocycles. The smallest absolute Gasteiger partial charge is 0.287 e. The number of ether oxygens (including phenoxy) is 1. The van der Waals surface area contributed by atoms with E-state index in [9.17, 15) is 4.79 Å². The number of carbonyl (C=O) groups is 1. The van der Waals surface area contributed by atoms with E-state index in [0.29, 0.717) is 30.6 Å². The largest absolute Gasteiger partial charge is 0.453 e. The minimum atomic E-state index is -0.223. The number of methoxy groups -OCH3 is 1. The first-order valence-electron chi connectivity index (χ1n) is 9.10. The van der Waals surface area contributed by atoms with Crippen LogP contribution in [0.3, 0.4) is 0 Å². The van der Waals surface area contributed by atoms with Crippen molar-refractivity contribution in [1.82, 2.24) is 20.3 Å². The molecule has 0 aromatic carbocycles. The van der Waals surface area contributed by atoms with Crippen molar-refractivity contribution >= 4 is 11.9 Å². The molecule has 1 aliphatic heterocycles. The molecule has 1 atom stereocenters. The van der Waals surface area contributed by atoms with Crippen LogP contribution in [0, 0.1) is 0 Å². The number of rotatable bonds is 6. The molecule has 3 aromatic rings. The van der Waals surface area contributed by atoms with Gasteiger partial charge in [-0.2, -0.15) is 0 Å². The summed E-state index contributed by atoms with van der Waals surface area (Å²) in [5.74, 6) is 1.35. The van der Waals surface area contributed by atoms with Crippen LogP contribution in [0.15, 0.2) is 53.3 Å². The third kappa shape index (κ3) is 4.01. The highest BCUT2D eigenvalue weighted by Crippen LogP contribution is 2.21. The van der Waals surface area contributed by atoms with Crippen LogP contribution in [0.1, 0.15) is 22.7 Å². The number of pyridine rings is 1. The van der Waals surface area contributed by atoms with Gasteiger partial charge in [0.2, 0.25) is 5.95 Å². The molecule has 1 fully saturated rings. The highest BCUT2D eigenvalue weighted by molar-refractivity contribution is 5.91. The van der Waals surface area contributed by atoms with Crippen LogP contribution in [0.2, 0.25) is 0 Å². The number of hydrogen-bond donors (Lipinski definition) is 1. The molecule has 8 nitrogen and oxygen atoms in total. The molecule has 4 rings (SSSR count). The van der Waals surface area contributed by atoms with Gasteiger partial charge in [0, 0.05) is 50.4 Å². The summed E-state index contributed by atoms with van der Waals surface area (Å²) >= 11 is 0. The number of hydrogen-bond acceptors (Lipinski definition) is 7. The molecule has 0 radical (unpaired) electrons. The topological polar surface area (TPSA) is 93.4 Å². The Bertz CT molecular complexity index is 944. The molecule has 0 spiro atoms. The van der Waals surface area contributed by atoms with Crippen molar-refractivity contribution in [2.45, 2.75) is 19.1 Å². The summed E-state index contributed by atoms with van der Waals surface area (Å²) in [7, 11) is 1.58. The number of nitrogens with one attached hydrogen (secondary N) is 1. The summed E-state index contributed by atoms with van der Waals surface area (Å²) in [6.45, 7) is 1.76. The highest BCUT2D eigenvalue weighted by atomic mass is 16.5. The van der Waals surface area contributed by atoms with Crippen LogP contribution >= 0.6 is 0 Å². The van der Waals surface area contributed by atoms with Crippen molar-refractivity contribution < 1.29 is 13.9 Å². The standard InChI is InChI=1S/C20H21N5O3/c1-27-13-16-4-5-18(28-16)19(26)23-15-7-10-25(12-15)20-22-9-6-17(24-20)14-3-2-8-21-11-14/h2-6,8-9,11,15H,7,10,12-13H2,1H3,(H,23,26). The number of aromatic nitrogens is 3. The van der Waals surface area contributed by atoms with E-state index in [1.54, 1.807) is 37.8 Å². The Morgan fingerprint density at radius 3 is 3.07 bits per heavy atom. The molecule has 8 heteroatoms. The summed E-state index contributed by atoms with van der Waals surface area (Å²) in [5.41, 5.74) is 1.77. The van der Waals surface area contributed by atoms with Crippen LogP contribution in [-0.4, -0.2) is 47.1 Å². The zero-order valence-electron chi connectivity index (χ0n) is 15.5.